The molecule has 1 heteroatoms. The summed E-state index contributed by atoms with van der Waals surface area (Å²) in [6, 6.07) is 0.472. The Balaban J connectivity index is 2.36. The quantitative estimate of drug-likeness (QED) is 0.517. The van der Waals surface area contributed by atoms with Crippen LogP contribution >= 0.6 is 0 Å². The Morgan fingerprint density at radius 3 is 2.36 bits per heavy atom. The summed E-state index contributed by atoms with van der Waals surface area (Å²) in [5.74, 6) is 6.16. The lowest BCUT2D eigenvalue weighted by atomic mass is 10.1. The zero-order valence-corrected chi connectivity index (χ0v) is 7.56. The molecule has 0 aromatic heterocycles. The van der Waals surface area contributed by atoms with Crippen LogP contribution in [0.15, 0.2) is 0 Å². The number of likely N-dealkylation sites (tertiary alicyclic amines) is 1. The zero-order valence-electron chi connectivity index (χ0n) is 7.56. The van der Waals surface area contributed by atoms with E-state index in [1.54, 1.807) is 0 Å². The SMILES string of the molecule is CC#CC(C)N1CCCCC1. The summed E-state index contributed by atoms with van der Waals surface area (Å²) in [4.78, 5) is 2.47. The summed E-state index contributed by atoms with van der Waals surface area (Å²) >= 11 is 0. The number of piperidine rings is 1. The van der Waals surface area contributed by atoms with Crippen LogP contribution in [0.2, 0.25) is 0 Å². The van der Waals surface area contributed by atoms with Gasteiger partial charge in [0.25, 0.3) is 0 Å². The van der Waals surface area contributed by atoms with Gasteiger partial charge in [-0.15, -0.1) is 5.92 Å². The normalized spacial score (nSPS) is 22.0. The molecule has 1 heterocycles. The first kappa shape index (κ1) is 8.62. The van der Waals surface area contributed by atoms with Gasteiger partial charge >= 0.3 is 0 Å². The van der Waals surface area contributed by atoms with E-state index in [0.29, 0.717) is 6.04 Å². The van der Waals surface area contributed by atoms with Crippen molar-refractivity contribution in [3.63, 3.8) is 0 Å². The molecular formula is C10H17N. The van der Waals surface area contributed by atoms with Crippen LogP contribution < -0.4 is 0 Å². The number of hydrogen-bond donors (Lipinski definition) is 0. The fourth-order valence-electron chi connectivity index (χ4n) is 1.61. The number of hydrogen-bond acceptors (Lipinski definition) is 1. The molecule has 1 aliphatic heterocycles. The van der Waals surface area contributed by atoms with Gasteiger partial charge in [0.15, 0.2) is 0 Å². The third kappa shape index (κ3) is 2.55. The van der Waals surface area contributed by atoms with Crippen LogP contribution in [0.1, 0.15) is 33.1 Å². The van der Waals surface area contributed by atoms with E-state index in [-0.39, 0.29) is 0 Å². The van der Waals surface area contributed by atoms with E-state index in [2.05, 4.69) is 23.7 Å². The molecule has 1 nitrogen and oxygen atoms in total. The minimum absolute atomic E-state index is 0.472. The van der Waals surface area contributed by atoms with Gasteiger partial charge in [-0.3, -0.25) is 4.90 Å². The zero-order chi connectivity index (χ0) is 8.10. The van der Waals surface area contributed by atoms with E-state index in [1.807, 2.05) is 6.92 Å². The molecule has 0 amide bonds. The first-order valence-electron chi connectivity index (χ1n) is 4.51. The van der Waals surface area contributed by atoms with Crippen LogP contribution in [0.4, 0.5) is 0 Å². The largest absolute Gasteiger partial charge is 0.290 e. The molecule has 1 fully saturated rings. The molecule has 0 radical (unpaired) electrons. The van der Waals surface area contributed by atoms with Crippen molar-refractivity contribution in [3.8, 4) is 11.8 Å². The molecule has 1 saturated heterocycles. The van der Waals surface area contributed by atoms with Crippen molar-refractivity contribution < 1.29 is 0 Å². The van der Waals surface area contributed by atoms with Crippen molar-refractivity contribution in [3.05, 3.63) is 0 Å². The second-order valence-corrected chi connectivity index (χ2v) is 3.17. The van der Waals surface area contributed by atoms with Gasteiger partial charge in [-0.25, -0.2) is 0 Å². The van der Waals surface area contributed by atoms with Gasteiger partial charge in [-0.2, -0.15) is 0 Å². The predicted molar refractivity (Wildman–Crippen MR) is 48.3 cm³/mol. The second-order valence-electron chi connectivity index (χ2n) is 3.17. The monoisotopic (exact) mass is 151 g/mol. The maximum absolute atomic E-state index is 3.19. The molecular weight excluding hydrogens is 134 g/mol. The van der Waals surface area contributed by atoms with Gasteiger partial charge in [-0.1, -0.05) is 12.3 Å². The average molecular weight is 151 g/mol. The van der Waals surface area contributed by atoms with E-state index in [0.717, 1.165) is 0 Å². The maximum atomic E-state index is 3.19. The molecule has 0 N–H and O–H groups in total. The highest BCUT2D eigenvalue weighted by atomic mass is 15.1. The van der Waals surface area contributed by atoms with Gasteiger partial charge in [0.1, 0.15) is 0 Å². The lowest BCUT2D eigenvalue weighted by Crippen LogP contribution is -2.36. The van der Waals surface area contributed by atoms with Gasteiger partial charge in [0, 0.05) is 0 Å². The highest BCUT2D eigenvalue weighted by Crippen LogP contribution is 2.11. The first-order chi connectivity index (χ1) is 5.34. The molecule has 1 atom stereocenters. The predicted octanol–water partition coefficient (Wildman–Crippen LogP) is 1.88. The number of rotatable bonds is 1. The Bertz CT molecular complexity index is 157. The summed E-state index contributed by atoms with van der Waals surface area (Å²) in [6.07, 6.45) is 4.12. The Morgan fingerprint density at radius 1 is 1.18 bits per heavy atom. The minimum Gasteiger partial charge on any atom is -0.290 e. The van der Waals surface area contributed by atoms with Gasteiger partial charge in [0.2, 0.25) is 0 Å². The second kappa shape index (κ2) is 4.41. The van der Waals surface area contributed by atoms with Crippen LogP contribution in [0, 0.1) is 11.8 Å². The smallest absolute Gasteiger partial charge is 0.0685 e. The van der Waals surface area contributed by atoms with Crippen LogP contribution in [0.5, 0.6) is 0 Å². The Kier molecular flexibility index (Phi) is 3.45. The lowest BCUT2D eigenvalue weighted by Gasteiger charge is -2.29. The Morgan fingerprint density at radius 2 is 1.82 bits per heavy atom. The van der Waals surface area contributed by atoms with Crippen molar-refractivity contribution in [2.45, 2.75) is 39.2 Å². The first-order valence-corrected chi connectivity index (χ1v) is 4.51. The highest BCUT2D eigenvalue weighted by molar-refractivity contribution is 5.04. The summed E-state index contributed by atoms with van der Waals surface area (Å²) in [5.41, 5.74) is 0. The molecule has 0 aliphatic carbocycles. The minimum atomic E-state index is 0.472. The van der Waals surface area contributed by atoms with E-state index in [4.69, 9.17) is 0 Å². The van der Waals surface area contributed by atoms with Crippen molar-refractivity contribution in [2.75, 3.05) is 13.1 Å². The summed E-state index contributed by atoms with van der Waals surface area (Å²) in [5, 5.41) is 0. The third-order valence-electron chi connectivity index (χ3n) is 2.29. The van der Waals surface area contributed by atoms with Crippen molar-refractivity contribution >= 4 is 0 Å². The van der Waals surface area contributed by atoms with Gasteiger partial charge in [-0.05, 0) is 39.8 Å². The van der Waals surface area contributed by atoms with E-state index in [1.165, 1.54) is 32.4 Å². The molecule has 0 bridgehead atoms. The fourth-order valence-corrected chi connectivity index (χ4v) is 1.61. The van der Waals surface area contributed by atoms with Crippen molar-refractivity contribution in [1.82, 2.24) is 4.90 Å². The molecule has 62 valence electrons. The van der Waals surface area contributed by atoms with E-state index < -0.39 is 0 Å². The van der Waals surface area contributed by atoms with Gasteiger partial charge < -0.3 is 0 Å². The Hall–Kier alpha value is -0.480. The molecule has 1 aliphatic rings. The van der Waals surface area contributed by atoms with Crippen LogP contribution in [-0.2, 0) is 0 Å². The molecule has 0 saturated carbocycles. The maximum Gasteiger partial charge on any atom is 0.0685 e. The van der Waals surface area contributed by atoms with Crippen molar-refractivity contribution in [1.29, 1.82) is 0 Å². The molecule has 1 unspecified atom stereocenters. The molecule has 11 heavy (non-hydrogen) atoms. The Labute approximate surface area is 69.8 Å². The highest BCUT2D eigenvalue weighted by Gasteiger charge is 2.13. The summed E-state index contributed by atoms with van der Waals surface area (Å²) in [7, 11) is 0. The standard InChI is InChI=1S/C10H17N/c1-3-7-10(2)11-8-5-4-6-9-11/h10H,4-6,8-9H2,1-2H3. The van der Waals surface area contributed by atoms with E-state index >= 15 is 0 Å². The van der Waals surface area contributed by atoms with Crippen LogP contribution in [-0.4, -0.2) is 24.0 Å². The van der Waals surface area contributed by atoms with Crippen molar-refractivity contribution in [2.24, 2.45) is 0 Å². The topological polar surface area (TPSA) is 3.24 Å². The summed E-state index contributed by atoms with van der Waals surface area (Å²) in [6.45, 7) is 6.61. The number of nitrogens with zero attached hydrogens (tertiary/aromatic N) is 1. The molecule has 0 aromatic rings. The fraction of sp³-hybridized carbons (Fsp3) is 0.800. The average Bonchev–Trinajstić information content (AvgIpc) is 2.07. The summed E-state index contributed by atoms with van der Waals surface area (Å²) < 4.78 is 0. The molecule has 0 aromatic carbocycles. The lowest BCUT2D eigenvalue weighted by molar-refractivity contribution is 0.206. The van der Waals surface area contributed by atoms with Gasteiger partial charge in [0.05, 0.1) is 6.04 Å². The van der Waals surface area contributed by atoms with Crippen LogP contribution in [0.25, 0.3) is 0 Å². The third-order valence-corrected chi connectivity index (χ3v) is 2.29. The van der Waals surface area contributed by atoms with E-state index in [9.17, 15) is 0 Å². The molecule has 1 rings (SSSR count). The molecule has 0 spiro atoms. The van der Waals surface area contributed by atoms with Crippen LogP contribution in [0.3, 0.4) is 0 Å².